The zero-order chi connectivity index (χ0) is 18.4. The highest BCUT2D eigenvalue weighted by Crippen LogP contribution is 2.24. The molecular formula is C19H20N4O3. The number of carbonyl (C=O) groups is 1. The van der Waals surface area contributed by atoms with Crippen molar-refractivity contribution in [2.24, 2.45) is 5.73 Å². The van der Waals surface area contributed by atoms with E-state index in [0.29, 0.717) is 42.5 Å². The second-order valence-corrected chi connectivity index (χ2v) is 5.83. The molecule has 3 rings (SSSR count). The number of benzene rings is 1. The van der Waals surface area contributed by atoms with Crippen molar-refractivity contribution >= 4 is 17.8 Å². The average molecular weight is 352 g/mol. The maximum absolute atomic E-state index is 11.2. The van der Waals surface area contributed by atoms with Gasteiger partial charge < -0.3 is 25.9 Å². The molecule has 1 unspecified atom stereocenters. The van der Waals surface area contributed by atoms with E-state index >= 15 is 0 Å². The summed E-state index contributed by atoms with van der Waals surface area (Å²) in [7, 11) is 0. The van der Waals surface area contributed by atoms with E-state index < -0.39 is 0 Å². The van der Waals surface area contributed by atoms with Gasteiger partial charge in [0, 0.05) is 24.4 Å². The second kappa shape index (κ2) is 8.15. The molecule has 1 fully saturated rings. The SMILES string of the molecule is N=CC=C(N)c1ccc(Oc2ccc(OC3CCC(=O)NC3)nc2)cc1. The number of pyridine rings is 1. The number of amides is 1. The smallest absolute Gasteiger partial charge is 0.220 e. The summed E-state index contributed by atoms with van der Waals surface area (Å²) in [5, 5.41) is 9.81. The Balaban J connectivity index is 1.58. The van der Waals surface area contributed by atoms with Gasteiger partial charge in [-0.25, -0.2) is 4.98 Å². The predicted molar refractivity (Wildman–Crippen MR) is 98.4 cm³/mol. The molecule has 7 nitrogen and oxygen atoms in total. The molecule has 0 radical (unpaired) electrons. The molecule has 1 atom stereocenters. The summed E-state index contributed by atoms with van der Waals surface area (Å²) in [6.07, 6.45) is 5.37. The molecule has 0 bridgehead atoms. The van der Waals surface area contributed by atoms with Gasteiger partial charge in [0.25, 0.3) is 0 Å². The van der Waals surface area contributed by atoms with Crippen LogP contribution in [0.1, 0.15) is 18.4 Å². The fourth-order valence-electron chi connectivity index (χ4n) is 2.52. The molecule has 1 aromatic heterocycles. The molecule has 0 aliphatic carbocycles. The topological polar surface area (TPSA) is 110 Å². The largest absolute Gasteiger partial charge is 0.472 e. The molecule has 0 spiro atoms. The van der Waals surface area contributed by atoms with E-state index in [4.69, 9.17) is 20.6 Å². The minimum absolute atomic E-state index is 0.0565. The van der Waals surface area contributed by atoms with Crippen LogP contribution in [-0.2, 0) is 4.79 Å². The van der Waals surface area contributed by atoms with Crippen LogP contribution < -0.4 is 20.5 Å². The third-order valence-electron chi connectivity index (χ3n) is 3.90. The molecule has 2 aromatic rings. The zero-order valence-electron chi connectivity index (χ0n) is 14.1. The Hall–Kier alpha value is -3.35. The number of hydrogen-bond donors (Lipinski definition) is 3. The highest BCUT2D eigenvalue weighted by molar-refractivity contribution is 5.81. The first-order valence-corrected chi connectivity index (χ1v) is 8.28. The maximum atomic E-state index is 11.2. The van der Waals surface area contributed by atoms with Crippen LogP contribution in [-0.4, -0.2) is 29.8 Å². The van der Waals surface area contributed by atoms with Crippen LogP contribution >= 0.6 is 0 Å². The highest BCUT2D eigenvalue weighted by Gasteiger charge is 2.19. The second-order valence-electron chi connectivity index (χ2n) is 5.83. The molecule has 26 heavy (non-hydrogen) atoms. The highest BCUT2D eigenvalue weighted by atomic mass is 16.5. The predicted octanol–water partition coefficient (Wildman–Crippen LogP) is 2.48. The van der Waals surface area contributed by atoms with Gasteiger partial charge in [0.05, 0.1) is 12.7 Å². The van der Waals surface area contributed by atoms with Gasteiger partial charge in [-0.2, -0.15) is 0 Å². The van der Waals surface area contributed by atoms with E-state index in [1.54, 1.807) is 30.5 Å². The molecule has 2 heterocycles. The molecule has 4 N–H and O–H groups in total. The summed E-state index contributed by atoms with van der Waals surface area (Å²) >= 11 is 0. The Morgan fingerprint density at radius 2 is 2.00 bits per heavy atom. The van der Waals surface area contributed by atoms with Crippen molar-refractivity contribution in [2.45, 2.75) is 18.9 Å². The molecule has 1 aromatic carbocycles. The lowest BCUT2D eigenvalue weighted by Gasteiger charge is -2.22. The third kappa shape index (κ3) is 4.60. The Kier molecular flexibility index (Phi) is 5.48. The van der Waals surface area contributed by atoms with E-state index in [9.17, 15) is 4.79 Å². The maximum Gasteiger partial charge on any atom is 0.220 e. The van der Waals surface area contributed by atoms with Crippen LogP contribution in [0, 0.1) is 5.41 Å². The first kappa shape index (κ1) is 17.5. The summed E-state index contributed by atoms with van der Waals surface area (Å²) in [4.78, 5) is 15.4. The number of rotatable bonds is 6. The van der Waals surface area contributed by atoms with Gasteiger partial charge in [0.1, 0.15) is 17.6 Å². The number of piperidine rings is 1. The molecule has 134 valence electrons. The van der Waals surface area contributed by atoms with Gasteiger partial charge in [-0.05, 0) is 48.4 Å². The summed E-state index contributed by atoms with van der Waals surface area (Å²) in [6.45, 7) is 0.501. The number of nitrogens with one attached hydrogen (secondary N) is 2. The van der Waals surface area contributed by atoms with Crippen LogP contribution in [0.2, 0.25) is 0 Å². The number of allylic oxidation sites excluding steroid dienone is 1. The quantitative estimate of drug-likeness (QED) is 0.692. The number of nitrogens with two attached hydrogens (primary N) is 1. The normalized spacial score (nSPS) is 17.3. The van der Waals surface area contributed by atoms with Crippen LogP contribution in [0.15, 0.2) is 48.7 Å². The molecule has 1 aliphatic rings. The lowest BCUT2D eigenvalue weighted by atomic mass is 10.1. The average Bonchev–Trinajstić information content (AvgIpc) is 2.66. The number of ether oxygens (including phenoxy) is 2. The monoisotopic (exact) mass is 352 g/mol. The molecule has 1 saturated heterocycles. The van der Waals surface area contributed by atoms with Gasteiger partial charge in [0.2, 0.25) is 11.8 Å². The van der Waals surface area contributed by atoms with Crippen molar-refractivity contribution in [2.75, 3.05) is 6.54 Å². The molecular weight excluding hydrogens is 332 g/mol. The van der Waals surface area contributed by atoms with E-state index in [-0.39, 0.29) is 12.0 Å². The van der Waals surface area contributed by atoms with Crippen LogP contribution in [0.4, 0.5) is 0 Å². The van der Waals surface area contributed by atoms with Gasteiger partial charge in [0.15, 0.2) is 0 Å². The lowest BCUT2D eigenvalue weighted by Crippen LogP contribution is -2.40. The van der Waals surface area contributed by atoms with E-state index in [2.05, 4.69) is 10.3 Å². The van der Waals surface area contributed by atoms with Gasteiger partial charge in [-0.1, -0.05) is 0 Å². The standard InChI is InChI=1S/C19H20N4O3/c20-10-9-17(21)13-1-3-14(4-2-13)25-15-6-8-19(23-12-15)26-16-5-7-18(24)22-11-16/h1-4,6,8-10,12,16,20H,5,7,11,21H2,(H,22,24). The number of nitrogens with zero attached hydrogens (tertiary/aromatic N) is 1. The Morgan fingerprint density at radius 1 is 1.23 bits per heavy atom. The number of hydrogen-bond acceptors (Lipinski definition) is 6. The lowest BCUT2D eigenvalue weighted by molar-refractivity contribution is -0.123. The van der Waals surface area contributed by atoms with Crippen molar-refractivity contribution in [3.8, 4) is 17.4 Å². The van der Waals surface area contributed by atoms with E-state index in [1.165, 1.54) is 6.08 Å². The summed E-state index contributed by atoms with van der Waals surface area (Å²) in [6, 6.07) is 10.8. The minimum atomic E-state index is -0.0565. The van der Waals surface area contributed by atoms with Crippen LogP contribution in [0.25, 0.3) is 5.70 Å². The molecule has 1 aliphatic heterocycles. The molecule has 7 heteroatoms. The van der Waals surface area contributed by atoms with E-state index in [1.807, 2.05) is 12.1 Å². The molecule has 1 amide bonds. The molecule has 0 saturated carbocycles. The Labute approximate surface area is 151 Å². The first-order chi connectivity index (χ1) is 12.6. The zero-order valence-corrected chi connectivity index (χ0v) is 14.1. The van der Waals surface area contributed by atoms with Crippen LogP contribution in [0.3, 0.4) is 0 Å². The summed E-state index contributed by atoms with van der Waals surface area (Å²) < 4.78 is 11.5. The Morgan fingerprint density at radius 3 is 2.62 bits per heavy atom. The van der Waals surface area contributed by atoms with Gasteiger partial charge in [-0.3, -0.25) is 4.79 Å². The van der Waals surface area contributed by atoms with Gasteiger partial charge in [-0.15, -0.1) is 0 Å². The summed E-state index contributed by atoms with van der Waals surface area (Å²) in [5.74, 6) is 1.80. The Bertz CT molecular complexity index is 791. The van der Waals surface area contributed by atoms with Gasteiger partial charge >= 0.3 is 0 Å². The summed E-state index contributed by atoms with van der Waals surface area (Å²) in [5.41, 5.74) is 7.17. The minimum Gasteiger partial charge on any atom is -0.472 e. The number of carbonyl (C=O) groups excluding carboxylic acids is 1. The first-order valence-electron chi connectivity index (χ1n) is 8.28. The third-order valence-corrected chi connectivity index (χ3v) is 3.90. The van der Waals surface area contributed by atoms with Crippen LogP contribution in [0.5, 0.6) is 17.4 Å². The number of aromatic nitrogens is 1. The van der Waals surface area contributed by atoms with Crippen molar-refractivity contribution < 1.29 is 14.3 Å². The van der Waals surface area contributed by atoms with Crippen molar-refractivity contribution in [3.63, 3.8) is 0 Å². The van der Waals surface area contributed by atoms with Crippen molar-refractivity contribution in [1.29, 1.82) is 5.41 Å². The fourth-order valence-corrected chi connectivity index (χ4v) is 2.52. The van der Waals surface area contributed by atoms with Crippen molar-refractivity contribution in [3.05, 3.63) is 54.2 Å². The fraction of sp³-hybridized carbons (Fsp3) is 0.211. The van der Waals surface area contributed by atoms with E-state index in [0.717, 1.165) is 11.8 Å². The van der Waals surface area contributed by atoms with Crippen molar-refractivity contribution in [1.82, 2.24) is 10.3 Å².